The van der Waals surface area contributed by atoms with Gasteiger partial charge in [0.25, 0.3) is 0 Å². The fourth-order valence-electron chi connectivity index (χ4n) is 3.94. The van der Waals surface area contributed by atoms with E-state index in [1.807, 2.05) is 0 Å². The van der Waals surface area contributed by atoms with Crippen molar-refractivity contribution in [2.24, 2.45) is 0 Å². The first-order valence-electron chi connectivity index (χ1n) is 7.54. The summed E-state index contributed by atoms with van der Waals surface area (Å²) in [5.74, 6) is 0. The summed E-state index contributed by atoms with van der Waals surface area (Å²) in [5, 5.41) is 16.7. The van der Waals surface area contributed by atoms with Crippen molar-refractivity contribution in [3.63, 3.8) is 0 Å². The Morgan fingerprint density at radius 2 is 1.90 bits per heavy atom. The molecule has 0 radical (unpaired) electrons. The number of para-hydroxylation sites is 1. The average Bonchev–Trinajstić information content (AvgIpc) is 3.01. The number of aliphatic hydroxyl groups excluding tert-OH is 1. The normalized spacial score (nSPS) is 29.8. The van der Waals surface area contributed by atoms with Crippen LogP contribution < -0.4 is 10.6 Å². The van der Waals surface area contributed by atoms with Gasteiger partial charge in [0.05, 0.1) is 18.2 Å². The Hall–Kier alpha value is -1.84. The lowest BCUT2D eigenvalue weighted by molar-refractivity contribution is 0.251. The van der Waals surface area contributed by atoms with Crippen LogP contribution in [0.15, 0.2) is 48.5 Å². The van der Waals surface area contributed by atoms with Crippen LogP contribution in [0, 0.1) is 6.92 Å². The molecule has 2 aliphatic heterocycles. The summed E-state index contributed by atoms with van der Waals surface area (Å²) in [5.41, 5.74) is 5.04. The van der Waals surface area contributed by atoms with E-state index in [4.69, 9.17) is 0 Å². The first-order valence-corrected chi connectivity index (χ1v) is 7.54. The molecule has 3 atom stereocenters. The number of rotatable bonds is 2. The first-order chi connectivity index (χ1) is 10.2. The molecule has 2 aromatic rings. The number of aliphatic hydroxyl groups is 1. The number of fused-ring (bicyclic) bond motifs is 3. The molecule has 0 unspecified atom stereocenters. The third kappa shape index (κ3) is 1.74. The number of nitrogens with one attached hydrogen (secondary N) is 2. The van der Waals surface area contributed by atoms with Crippen LogP contribution in [0.25, 0.3) is 0 Å². The maximum absolute atomic E-state index is 9.58. The highest BCUT2D eigenvalue weighted by Crippen LogP contribution is 2.51. The molecule has 0 amide bonds. The Bertz CT molecular complexity index is 667. The van der Waals surface area contributed by atoms with Crippen molar-refractivity contribution in [3.8, 4) is 0 Å². The maximum Gasteiger partial charge on any atom is 0.0912 e. The van der Waals surface area contributed by atoms with Gasteiger partial charge in [0.15, 0.2) is 0 Å². The molecular weight excluding hydrogens is 260 g/mol. The number of aryl methyl sites for hydroxylation is 1. The van der Waals surface area contributed by atoms with Gasteiger partial charge in [-0.15, -0.1) is 0 Å². The molecule has 0 spiro atoms. The van der Waals surface area contributed by atoms with Gasteiger partial charge in [-0.25, -0.2) is 0 Å². The summed E-state index contributed by atoms with van der Waals surface area (Å²) in [7, 11) is 0. The van der Waals surface area contributed by atoms with Gasteiger partial charge in [0, 0.05) is 11.7 Å². The zero-order valence-electron chi connectivity index (χ0n) is 12.1. The number of anilines is 1. The number of hydrogen-bond acceptors (Lipinski definition) is 3. The number of benzene rings is 2. The van der Waals surface area contributed by atoms with Crippen LogP contribution in [-0.4, -0.2) is 23.9 Å². The summed E-state index contributed by atoms with van der Waals surface area (Å²) in [6.07, 6.45) is 1.07. The predicted octanol–water partition coefficient (Wildman–Crippen LogP) is 2.39. The maximum atomic E-state index is 9.58. The van der Waals surface area contributed by atoms with E-state index in [2.05, 4.69) is 66.1 Å². The van der Waals surface area contributed by atoms with Crippen molar-refractivity contribution in [2.75, 3.05) is 11.9 Å². The minimum absolute atomic E-state index is 0.0856. The summed E-state index contributed by atoms with van der Waals surface area (Å²) in [6.45, 7) is 2.29. The van der Waals surface area contributed by atoms with Crippen LogP contribution in [0.4, 0.5) is 5.69 Å². The van der Waals surface area contributed by atoms with Crippen molar-refractivity contribution in [2.45, 2.75) is 31.0 Å². The van der Waals surface area contributed by atoms with E-state index in [9.17, 15) is 5.11 Å². The molecule has 108 valence electrons. The van der Waals surface area contributed by atoms with Crippen LogP contribution >= 0.6 is 0 Å². The van der Waals surface area contributed by atoms with Crippen LogP contribution in [-0.2, 0) is 5.41 Å². The highest BCUT2D eigenvalue weighted by atomic mass is 16.3. The zero-order chi connectivity index (χ0) is 14.4. The zero-order valence-corrected chi connectivity index (χ0v) is 12.1. The van der Waals surface area contributed by atoms with E-state index in [1.54, 1.807) is 0 Å². The lowest BCUT2D eigenvalue weighted by Crippen LogP contribution is -2.42. The molecule has 0 bridgehead atoms. The predicted molar refractivity (Wildman–Crippen MR) is 84.4 cm³/mol. The highest BCUT2D eigenvalue weighted by Gasteiger charge is 2.53. The molecule has 2 aromatic carbocycles. The quantitative estimate of drug-likeness (QED) is 0.791. The summed E-state index contributed by atoms with van der Waals surface area (Å²) < 4.78 is 0. The summed E-state index contributed by atoms with van der Waals surface area (Å²) >= 11 is 0. The van der Waals surface area contributed by atoms with E-state index in [1.165, 1.54) is 22.4 Å². The van der Waals surface area contributed by atoms with Crippen molar-refractivity contribution in [1.82, 2.24) is 5.32 Å². The third-order valence-electron chi connectivity index (χ3n) is 4.96. The molecule has 21 heavy (non-hydrogen) atoms. The van der Waals surface area contributed by atoms with Gasteiger partial charge >= 0.3 is 0 Å². The number of hydrogen-bond donors (Lipinski definition) is 3. The average molecular weight is 280 g/mol. The molecule has 3 heteroatoms. The van der Waals surface area contributed by atoms with Gasteiger partial charge in [0.2, 0.25) is 0 Å². The fraction of sp³-hybridized carbons (Fsp3) is 0.333. The Kier molecular flexibility index (Phi) is 2.81. The van der Waals surface area contributed by atoms with Crippen LogP contribution in [0.3, 0.4) is 0 Å². The molecular formula is C18H20N2O. The van der Waals surface area contributed by atoms with E-state index < -0.39 is 0 Å². The molecule has 0 aliphatic carbocycles. The Labute approximate surface area is 125 Å². The van der Waals surface area contributed by atoms with E-state index >= 15 is 0 Å². The van der Waals surface area contributed by atoms with Gasteiger partial charge in [-0.1, -0.05) is 48.0 Å². The van der Waals surface area contributed by atoms with Gasteiger partial charge in [-0.3, -0.25) is 5.32 Å². The Morgan fingerprint density at radius 1 is 1.14 bits per heavy atom. The van der Waals surface area contributed by atoms with E-state index in [-0.39, 0.29) is 24.2 Å². The highest BCUT2D eigenvalue weighted by molar-refractivity contribution is 5.67. The van der Waals surface area contributed by atoms with Gasteiger partial charge in [-0.05, 0) is 30.5 Å². The summed E-state index contributed by atoms with van der Waals surface area (Å²) in [4.78, 5) is 0. The summed E-state index contributed by atoms with van der Waals surface area (Å²) in [6, 6.07) is 17.5. The molecule has 1 saturated heterocycles. The van der Waals surface area contributed by atoms with E-state index in [0.717, 1.165) is 6.42 Å². The van der Waals surface area contributed by atoms with Gasteiger partial charge < -0.3 is 10.4 Å². The largest absolute Gasteiger partial charge is 0.395 e. The molecule has 0 saturated carbocycles. The second kappa shape index (κ2) is 4.58. The second-order valence-corrected chi connectivity index (χ2v) is 6.21. The Balaban J connectivity index is 1.90. The standard InChI is InChI=1S/C18H20N2O/c1-12-6-8-13(9-7-12)18-10-14(11-21)19-17(18)20-16-5-3-2-4-15(16)18/h2-9,14,17,19-21H,10-11H2,1H3/t14-,17-,18-/m1/s1. The van der Waals surface area contributed by atoms with Crippen molar-refractivity contribution < 1.29 is 5.11 Å². The molecule has 0 aromatic heterocycles. The van der Waals surface area contributed by atoms with Crippen LogP contribution in [0.5, 0.6) is 0 Å². The van der Waals surface area contributed by atoms with Crippen LogP contribution in [0.2, 0.25) is 0 Å². The molecule has 3 nitrogen and oxygen atoms in total. The van der Waals surface area contributed by atoms with E-state index in [0.29, 0.717) is 0 Å². The van der Waals surface area contributed by atoms with Gasteiger partial charge in [-0.2, -0.15) is 0 Å². The third-order valence-corrected chi connectivity index (χ3v) is 4.96. The fourth-order valence-corrected chi connectivity index (χ4v) is 3.94. The SMILES string of the molecule is Cc1ccc([C@@]23C[C@H](CO)N[C@@H]2Nc2ccccc23)cc1. The minimum Gasteiger partial charge on any atom is -0.395 e. The first kappa shape index (κ1) is 12.9. The monoisotopic (exact) mass is 280 g/mol. The molecule has 1 fully saturated rings. The minimum atomic E-state index is -0.0856. The molecule has 4 rings (SSSR count). The van der Waals surface area contributed by atoms with Crippen LogP contribution in [0.1, 0.15) is 23.1 Å². The topological polar surface area (TPSA) is 44.3 Å². The van der Waals surface area contributed by atoms with Crippen molar-refractivity contribution in [3.05, 3.63) is 65.2 Å². The smallest absolute Gasteiger partial charge is 0.0912 e. The lowest BCUT2D eigenvalue weighted by atomic mass is 9.72. The van der Waals surface area contributed by atoms with Crippen molar-refractivity contribution >= 4 is 5.69 Å². The van der Waals surface area contributed by atoms with Gasteiger partial charge in [0.1, 0.15) is 0 Å². The molecule has 3 N–H and O–H groups in total. The Morgan fingerprint density at radius 3 is 2.67 bits per heavy atom. The second-order valence-electron chi connectivity index (χ2n) is 6.21. The molecule has 2 aliphatic rings. The lowest BCUT2D eigenvalue weighted by Gasteiger charge is -2.30. The van der Waals surface area contributed by atoms with Crippen molar-refractivity contribution in [1.29, 1.82) is 0 Å². The molecule has 2 heterocycles.